The van der Waals surface area contributed by atoms with E-state index in [-0.39, 0.29) is 5.91 Å². The monoisotopic (exact) mass is 295 g/mol. The molecule has 0 atom stereocenters. The van der Waals surface area contributed by atoms with Crippen LogP contribution in [0.2, 0.25) is 5.02 Å². The number of anilines is 1. The first-order valence-electron chi connectivity index (χ1n) is 7.09. The van der Waals surface area contributed by atoms with Gasteiger partial charge in [-0.1, -0.05) is 23.7 Å². The van der Waals surface area contributed by atoms with Crippen molar-refractivity contribution in [1.82, 2.24) is 10.2 Å². The molecule has 110 valence electrons. The number of hydrogen-bond donors (Lipinski definition) is 2. The third-order valence-electron chi connectivity index (χ3n) is 3.59. The van der Waals surface area contributed by atoms with Crippen LogP contribution in [-0.2, 0) is 4.79 Å². The second-order valence-corrected chi connectivity index (χ2v) is 5.83. The molecule has 0 unspecified atom stereocenters. The van der Waals surface area contributed by atoms with E-state index in [1.165, 1.54) is 12.8 Å². The minimum atomic E-state index is -0.0189. The van der Waals surface area contributed by atoms with Crippen molar-refractivity contribution in [3.05, 3.63) is 29.3 Å². The van der Waals surface area contributed by atoms with Gasteiger partial charge in [0.05, 0.1) is 17.3 Å². The van der Waals surface area contributed by atoms with Crippen molar-refractivity contribution in [2.45, 2.75) is 12.8 Å². The number of carbonyl (C=O) groups excluding carboxylic acids is 1. The number of amides is 1. The number of benzene rings is 1. The average molecular weight is 296 g/mol. The highest BCUT2D eigenvalue weighted by Crippen LogP contribution is 2.20. The molecule has 1 heterocycles. The summed E-state index contributed by atoms with van der Waals surface area (Å²) in [5, 5.41) is 6.78. The van der Waals surface area contributed by atoms with Crippen LogP contribution in [-0.4, -0.2) is 44.0 Å². The van der Waals surface area contributed by atoms with Gasteiger partial charge < -0.3 is 10.6 Å². The Labute approximate surface area is 125 Å². The Kier molecular flexibility index (Phi) is 5.83. The Balaban J connectivity index is 1.77. The first kappa shape index (κ1) is 15.3. The zero-order valence-corrected chi connectivity index (χ0v) is 12.6. The van der Waals surface area contributed by atoms with Crippen LogP contribution in [0.1, 0.15) is 12.8 Å². The molecule has 20 heavy (non-hydrogen) atoms. The molecule has 0 aliphatic carbocycles. The van der Waals surface area contributed by atoms with Gasteiger partial charge in [0, 0.05) is 6.54 Å². The summed E-state index contributed by atoms with van der Waals surface area (Å²) in [5.41, 5.74) is 0.675. The number of likely N-dealkylation sites (N-methyl/N-ethyl adjacent to an activating group) is 1. The van der Waals surface area contributed by atoms with E-state index in [1.54, 1.807) is 6.07 Å². The molecule has 2 N–H and O–H groups in total. The van der Waals surface area contributed by atoms with E-state index >= 15 is 0 Å². The van der Waals surface area contributed by atoms with Gasteiger partial charge in [0.15, 0.2) is 0 Å². The van der Waals surface area contributed by atoms with Gasteiger partial charge >= 0.3 is 0 Å². The molecule has 0 spiro atoms. The predicted molar refractivity (Wildman–Crippen MR) is 83.2 cm³/mol. The number of halogens is 1. The summed E-state index contributed by atoms with van der Waals surface area (Å²) >= 11 is 6.03. The minimum Gasteiger partial charge on any atom is -0.324 e. The fraction of sp³-hybridized carbons (Fsp3) is 0.533. The van der Waals surface area contributed by atoms with E-state index in [9.17, 15) is 4.79 Å². The van der Waals surface area contributed by atoms with Crippen LogP contribution >= 0.6 is 11.6 Å². The molecule has 1 aromatic carbocycles. The quantitative estimate of drug-likeness (QED) is 0.875. The maximum Gasteiger partial charge on any atom is 0.238 e. The maximum absolute atomic E-state index is 12.0. The highest BCUT2D eigenvalue weighted by atomic mass is 35.5. The number of hydrogen-bond acceptors (Lipinski definition) is 3. The zero-order chi connectivity index (χ0) is 14.4. The highest BCUT2D eigenvalue weighted by Gasteiger charge is 2.16. The summed E-state index contributed by atoms with van der Waals surface area (Å²) in [6.45, 7) is 3.54. The summed E-state index contributed by atoms with van der Waals surface area (Å²) in [5.74, 6) is 0.670. The number of nitrogens with one attached hydrogen (secondary N) is 2. The average Bonchev–Trinajstić information content (AvgIpc) is 2.42. The molecular weight excluding hydrogens is 274 g/mol. The topological polar surface area (TPSA) is 44.4 Å². The molecule has 1 aromatic rings. The Hall–Kier alpha value is -1.10. The van der Waals surface area contributed by atoms with Gasteiger partial charge in [0.2, 0.25) is 5.91 Å². The van der Waals surface area contributed by atoms with E-state index < -0.39 is 0 Å². The molecule has 1 fully saturated rings. The lowest BCUT2D eigenvalue weighted by Gasteiger charge is -2.27. The number of para-hydroxylation sites is 1. The van der Waals surface area contributed by atoms with E-state index in [2.05, 4.69) is 15.5 Å². The SMILES string of the molecule is CN(CC(=O)Nc1ccccc1Cl)CC1CCNCC1. The summed E-state index contributed by atoms with van der Waals surface area (Å²) in [6.07, 6.45) is 2.38. The van der Waals surface area contributed by atoms with Crippen molar-refractivity contribution in [1.29, 1.82) is 0 Å². The van der Waals surface area contributed by atoms with Crippen LogP contribution in [0.4, 0.5) is 5.69 Å². The molecule has 1 amide bonds. The number of piperidine rings is 1. The van der Waals surface area contributed by atoms with Crippen molar-refractivity contribution in [2.75, 3.05) is 38.5 Å². The number of rotatable bonds is 5. The lowest BCUT2D eigenvalue weighted by molar-refractivity contribution is -0.117. The van der Waals surface area contributed by atoms with Crippen LogP contribution < -0.4 is 10.6 Å². The third-order valence-corrected chi connectivity index (χ3v) is 3.92. The largest absolute Gasteiger partial charge is 0.324 e. The lowest BCUT2D eigenvalue weighted by atomic mass is 9.98. The van der Waals surface area contributed by atoms with Crippen molar-refractivity contribution in [3.8, 4) is 0 Å². The standard InChI is InChI=1S/C15H22ClN3O/c1-19(10-12-6-8-17-9-7-12)11-15(20)18-14-5-3-2-4-13(14)16/h2-5,12,17H,6-11H2,1H3,(H,18,20). The number of nitrogens with zero attached hydrogens (tertiary/aromatic N) is 1. The fourth-order valence-corrected chi connectivity index (χ4v) is 2.75. The molecule has 0 radical (unpaired) electrons. The predicted octanol–water partition coefficient (Wildman–Crippen LogP) is 2.21. The van der Waals surface area contributed by atoms with Crippen LogP contribution in [0.3, 0.4) is 0 Å². The van der Waals surface area contributed by atoms with Crippen LogP contribution in [0.15, 0.2) is 24.3 Å². The number of carbonyl (C=O) groups is 1. The van der Waals surface area contributed by atoms with Crippen LogP contribution in [0.5, 0.6) is 0 Å². The minimum absolute atomic E-state index is 0.0189. The summed E-state index contributed by atoms with van der Waals surface area (Å²) < 4.78 is 0. The first-order chi connectivity index (χ1) is 9.65. The third kappa shape index (κ3) is 4.78. The molecular formula is C15H22ClN3O. The van der Waals surface area contributed by atoms with Crippen LogP contribution in [0, 0.1) is 5.92 Å². The van der Waals surface area contributed by atoms with Crippen molar-refractivity contribution < 1.29 is 4.79 Å². The summed E-state index contributed by atoms with van der Waals surface area (Å²) in [7, 11) is 1.99. The molecule has 0 saturated carbocycles. The summed E-state index contributed by atoms with van der Waals surface area (Å²) in [6, 6.07) is 7.30. The van der Waals surface area contributed by atoms with Crippen molar-refractivity contribution in [3.63, 3.8) is 0 Å². The van der Waals surface area contributed by atoms with Gasteiger partial charge in [-0.25, -0.2) is 0 Å². The van der Waals surface area contributed by atoms with E-state index in [0.29, 0.717) is 23.2 Å². The molecule has 1 saturated heterocycles. The van der Waals surface area contributed by atoms with Crippen LogP contribution in [0.25, 0.3) is 0 Å². The molecule has 1 aliphatic rings. The zero-order valence-electron chi connectivity index (χ0n) is 11.9. The molecule has 0 bridgehead atoms. The molecule has 0 aromatic heterocycles. The molecule has 4 nitrogen and oxygen atoms in total. The highest BCUT2D eigenvalue weighted by molar-refractivity contribution is 6.33. The molecule has 1 aliphatic heterocycles. The summed E-state index contributed by atoms with van der Waals surface area (Å²) in [4.78, 5) is 14.1. The Bertz CT molecular complexity index is 446. The Morgan fingerprint density at radius 2 is 2.10 bits per heavy atom. The normalized spacial score (nSPS) is 16.4. The van der Waals surface area contributed by atoms with Crippen molar-refractivity contribution in [2.24, 2.45) is 5.92 Å². The van der Waals surface area contributed by atoms with Gasteiger partial charge in [0.25, 0.3) is 0 Å². The van der Waals surface area contributed by atoms with E-state index in [1.807, 2.05) is 25.2 Å². The lowest BCUT2D eigenvalue weighted by Crippen LogP contribution is -2.37. The van der Waals surface area contributed by atoms with Gasteiger partial charge in [-0.3, -0.25) is 9.69 Å². The fourth-order valence-electron chi connectivity index (χ4n) is 2.57. The molecule has 2 rings (SSSR count). The Morgan fingerprint density at radius 3 is 2.80 bits per heavy atom. The maximum atomic E-state index is 12.0. The van der Waals surface area contributed by atoms with E-state index in [0.717, 1.165) is 19.6 Å². The smallest absolute Gasteiger partial charge is 0.238 e. The van der Waals surface area contributed by atoms with Gasteiger partial charge in [0.1, 0.15) is 0 Å². The first-order valence-corrected chi connectivity index (χ1v) is 7.46. The van der Waals surface area contributed by atoms with Gasteiger partial charge in [-0.2, -0.15) is 0 Å². The van der Waals surface area contributed by atoms with Crippen molar-refractivity contribution >= 4 is 23.2 Å². The molecule has 5 heteroatoms. The van der Waals surface area contributed by atoms with E-state index in [4.69, 9.17) is 11.6 Å². The Morgan fingerprint density at radius 1 is 1.40 bits per heavy atom. The second kappa shape index (κ2) is 7.62. The van der Waals surface area contributed by atoms with Gasteiger partial charge in [-0.05, 0) is 51.0 Å². The van der Waals surface area contributed by atoms with Gasteiger partial charge in [-0.15, -0.1) is 0 Å². The second-order valence-electron chi connectivity index (χ2n) is 5.42.